The molecule has 8 heteroatoms. The Labute approximate surface area is 191 Å². The van der Waals surface area contributed by atoms with Gasteiger partial charge in [-0.3, -0.25) is 9.78 Å². The molecule has 0 aliphatic heterocycles. The highest BCUT2D eigenvalue weighted by molar-refractivity contribution is 5.91. The summed E-state index contributed by atoms with van der Waals surface area (Å²) in [6.07, 6.45) is 1.47. The molecule has 0 spiro atoms. The summed E-state index contributed by atoms with van der Waals surface area (Å²) in [4.78, 5) is 23.9. The molecule has 0 aliphatic rings. The number of pyridine rings is 1. The highest BCUT2D eigenvalue weighted by Gasteiger charge is 2.09. The number of nitrogen functional groups attached to an aromatic ring is 1. The minimum absolute atomic E-state index is 0.141. The maximum atomic E-state index is 11.3. The number of ether oxygens (including phenoxy) is 1. The van der Waals surface area contributed by atoms with Crippen LogP contribution in [0.2, 0.25) is 0 Å². The van der Waals surface area contributed by atoms with Crippen molar-refractivity contribution >= 4 is 23.4 Å². The predicted octanol–water partition coefficient (Wildman–Crippen LogP) is 4.88. The third-order valence-corrected chi connectivity index (χ3v) is 4.94. The molecule has 1 amide bonds. The third kappa shape index (κ3) is 5.43. The second kappa shape index (κ2) is 9.35. The molecule has 2 aromatic heterocycles. The third-order valence-electron chi connectivity index (χ3n) is 4.94. The molecule has 4 rings (SSSR count). The van der Waals surface area contributed by atoms with Gasteiger partial charge in [-0.25, -0.2) is 4.98 Å². The summed E-state index contributed by atoms with van der Waals surface area (Å²) in [5.41, 5.74) is 15.1. The molecular weight excluding hydrogens is 416 g/mol. The molecule has 0 fully saturated rings. The van der Waals surface area contributed by atoms with Gasteiger partial charge in [-0.1, -0.05) is 32.0 Å². The van der Waals surface area contributed by atoms with E-state index in [0.717, 1.165) is 16.9 Å². The molecule has 0 bridgehead atoms. The van der Waals surface area contributed by atoms with Crippen molar-refractivity contribution in [1.29, 1.82) is 0 Å². The van der Waals surface area contributed by atoms with Crippen LogP contribution in [0.15, 0.2) is 72.9 Å². The number of nitrogens with two attached hydrogens (primary N) is 2. The summed E-state index contributed by atoms with van der Waals surface area (Å²) >= 11 is 0. The second-order valence-electron chi connectivity index (χ2n) is 7.77. The van der Waals surface area contributed by atoms with Gasteiger partial charge in [0.2, 0.25) is 5.95 Å². The summed E-state index contributed by atoms with van der Waals surface area (Å²) in [6, 6.07) is 20.5. The average Bonchev–Trinajstić information content (AvgIpc) is 2.80. The maximum absolute atomic E-state index is 11.3. The van der Waals surface area contributed by atoms with Gasteiger partial charge < -0.3 is 21.5 Å². The number of rotatable bonds is 7. The fourth-order valence-electron chi connectivity index (χ4n) is 3.23. The van der Waals surface area contributed by atoms with Gasteiger partial charge in [-0.2, -0.15) is 4.98 Å². The Morgan fingerprint density at radius 2 is 1.76 bits per heavy atom. The first kappa shape index (κ1) is 21.8. The maximum Gasteiger partial charge on any atom is 0.267 e. The van der Waals surface area contributed by atoms with E-state index in [-0.39, 0.29) is 11.6 Å². The number of benzene rings is 2. The van der Waals surface area contributed by atoms with Crippen molar-refractivity contribution in [3.8, 4) is 22.8 Å². The molecule has 2 heterocycles. The summed E-state index contributed by atoms with van der Waals surface area (Å²) in [5, 5.41) is 3.25. The van der Waals surface area contributed by atoms with E-state index in [1.54, 1.807) is 18.2 Å². The number of carbonyl (C=O) groups excluding carboxylic acids is 1. The molecule has 0 unspecified atom stereocenters. The smallest absolute Gasteiger partial charge is 0.267 e. The molecule has 0 atom stereocenters. The zero-order valence-corrected chi connectivity index (χ0v) is 18.3. The van der Waals surface area contributed by atoms with E-state index in [4.69, 9.17) is 16.2 Å². The Bertz CT molecular complexity index is 1290. The Morgan fingerprint density at radius 3 is 2.48 bits per heavy atom. The molecule has 2 aromatic carbocycles. The lowest BCUT2D eigenvalue weighted by atomic mass is 9.99. The van der Waals surface area contributed by atoms with Crippen LogP contribution < -0.4 is 21.5 Å². The van der Waals surface area contributed by atoms with Crippen molar-refractivity contribution in [3.05, 3.63) is 84.2 Å². The van der Waals surface area contributed by atoms with Crippen LogP contribution in [0.3, 0.4) is 0 Å². The van der Waals surface area contributed by atoms with Crippen molar-refractivity contribution in [2.24, 2.45) is 5.73 Å². The van der Waals surface area contributed by atoms with Crippen LogP contribution in [0.1, 0.15) is 35.8 Å². The highest BCUT2D eigenvalue weighted by Crippen LogP contribution is 2.27. The molecule has 0 saturated carbocycles. The van der Waals surface area contributed by atoms with Crippen molar-refractivity contribution in [2.75, 3.05) is 11.1 Å². The zero-order valence-electron chi connectivity index (χ0n) is 18.3. The van der Waals surface area contributed by atoms with Crippen molar-refractivity contribution < 1.29 is 9.53 Å². The second-order valence-corrected chi connectivity index (χ2v) is 7.77. The minimum atomic E-state index is -0.612. The lowest BCUT2D eigenvalue weighted by molar-refractivity contribution is 0.0995. The van der Waals surface area contributed by atoms with E-state index in [1.807, 2.05) is 30.3 Å². The van der Waals surface area contributed by atoms with Crippen LogP contribution in [0.5, 0.6) is 11.5 Å². The molecular formula is C25H24N6O2. The molecule has 4 aromatic rings. The molecule has 33 heavy (non-hydrogen) atoms. The highest BCUT2D eigenvalue weighted by atomic mass is 16.5. The number of anilines is 3. The van der Waals surface area contributed by atoms with E-state index < -0.39 is 5.91 Å². The molecule has 5 N–H and O–H groups in total. The van der Waals surface area contributed by atoms with Gasteiger partial charge in [0.15, 0.2) is 0 Å². The average molecular weight is 441 g/mol. The lowest BCUT2D eigenvalue weighted by Gasteiger charge is -2.11. The van der Waals surface area contributed by atoms with Gasteiger partial charge in [0.25, 0.3) is 5.91 Å². The van der Waals surface area contributed by atoms with E-state index in [1.165, 1.54) is 17.8 Å². The van der Waals surface area contributed by atoms with Crippen LogP contribution in [0.25, 0.3) is 11.3 Å². The van der Waals surface area contributed by atoms with Crippen molar-refractivity contribution in [1.82, 2.24) is 15.0 Å². The van der Waals surface area contributed by atoms with Crippen molar-refractivity contribution in [3.63, 3.8) is 0 Å². The van der Waals surface area contributed by atoms with E-state index in [0.29, 0.717) is 23.2 Å². The van der Waals surface area contributed by atoms with Crippen LogP contribution in [0, 0.1) is 0 Å². The minimum Gasteiger partial charge on any atom is -0.457 e. The number of nitrogens with zero attached hydrogens (tertiary/aromatic N) is 3. The SMILES string of the molecule is CC(C)c1cccc(-c2cc(Nc3ccc(Oc4ccnc(C(N)=O)c4)cc3)nc(N)n2)c1. The molecule has 0 aliphatic carbocycles. The topological polar surface area (TPSA) is 129 Å². The number of carbonyl (C=O) groups is 1. The van der Waals surface area contributed by atoms with Gasteiger partial charge in [0, 0.05) is 29.6 Å². The van der Waals surface area contributed by atoms with E-state index in [9.17, 15) is 4.79 Å². The number of nitrogens with one attached hydrogen (secondary N) is 1. The van der Waals surface area contributed by atoms with Gasteiger partial charge in [-0.15, -0.1) is 0 Å². The normalized spacial score (nSPS) is 10.8. The molecule has 166 valence electrons. The fraction of sp³-hybridized carbons (Fsp3) is 0.120. The Hall–Kier alpha value is -4.46. The van der Waals surface area contributed by atoms with Crippen LogP contribution in [-0.2, 0) is 0 Å². The summed E-state index contributed by atoms with van der Waals surface area (Å²) in [7, 11) is 0. The molecule has 8 nitrogen and oxygen atoms in total. The quantitative estimate of drug-likeness (QED) is 0.373. The number of amides is 1. The van der Waals surface area contributed by atoms with E-state index >= 15 is 0 Å². The fourth-order valence-corrected chi connectivity index (χ4v) is 3.23. The largest absolute Gasteiger partial charge is 0.457 e. The Kier molecular flexibility index (Phi) is 6.17. The number of hydrogen-bond donors (Lipinski definition) is 3. The first-order valence-corrected chi connectivity index (χ1v) is 10.4. The first-order valence-electron chi connectivity index (χ1n) is 10.4. The first-order chi connectivity index (χ1) is 15.9. The van der Waals surface area contributed by atoms with Gasteiger partial charge in [0.1, 0.15) is 23.0 Å². The molecule has 0 saturated heterocycles. The summed E-state index contributed by atoms with van der Waals surface area (Å²) < 4.78 is 5.78. The summed E-state index contributed by atoms with van der Waals surface area (Å²) in [6.45, 7) is 4.30. The van der Waals surface area contributed by atoms with Crippen molar-refractivity contribution in [2.45, 2.75) is 19.8 Å². The van der Waals surface area contributed by atoms with Gasteiger partial charge in [-0.05, 0) is 47.9 Å². The monoisotopic (exact) mass is 440 g/mol. The summed E-state index contributed by atoms with van der Waals surface area (Å²) in [5.74, 6) is 1.64. The predicted molar refractivity (Wildman–Crippen MR) is 129 cm³/mol. The number of primary amides is 1. The number of aromatic nitrogens is 3. The van der Waals surface area contributed by atoms with Crippen LogP contribution in [0.4, 0.5) is 17.5 Å². The number of hydrogen-bond acceptors (Lipinski definition) is 7. The standard InChI is InChI=1S/C25H24N6O2/c1-15(2)16-4-3-5-17(12-16)21-14-23(31-25(27)30-21)29-18-6-8-19(9-7-18)33-20-10-11-28-22(13-20)24(26)32/h3-15H,1-2H3,(H2,26,32)(H3,27,29,30,31). The zero-order chi connectivity index (χ0) is 23.4. The lowest BCUT2D eigenvalue weighted by Crippen LogP contribution is -2.12. The molecule has 0 radical (unpaired) electrons. The van der Waals surface area contributed by atoms with Crippen LogP contribution >= 0.6 is 0 Å². The van der Waals surface area contributed by atoms with Crippen LogP contribution in [-0.4, -0.2) is 20.9 Å². The Morgan fingerprint density at radius 1 is 0.970 bits per heavy atom. The van der Waals surface area contributed by atoms with Gasteiger partial charge >= 0.3 is 0 Å². The Balaban J connectivity index is 1.51. The van der Waals surface area contributed by atoms with Gasteiger partial charge in [0.05, 0.1) is 5.69 Å². The van der Waals surface area contributed by atoms with E-state index in [2.05, 4.69) is 46.2 Å².